The molecular formula is C23H21FN4O4. The van der Waals surface area contributed by atoms with E-state index in [4.69, 9.17) is 4.52 Å². The molecule has 2 aliphatic rings. The van der Waals surface area contributed by atoms with E-state index in [0.29, 0.717) is 30.1 Å². The van der Waals surface area contributed by atoms with Crippen LogP contribution in [0.4, 0.5) is 15.8 Å². The highest BCUT2D eigenvalue weighted by atomic mass is 19.1. The summed E-state index contributed by atoms with van der Waals surface area (Å²) in [6, 6.07) is 10.7. The van der Waals surface area contributed by atoms with Gasteiger partial charge in [-0.15, -0.1) is 0 Å². The van der Waals surface area contributed by atoms with Gasteiger partial charge in [0.2, 0.25) is 0 Å². The number of hydrogen-bond acceptors (Lipinski definition) is 6. The Hall–Kier alpha value is -3.75. The first-order valence-electron chi connectivity index (χ1n) is 10.6. The van der Waals surface area contributed by atoms with Crippen LogP contribution in [0.25, 0.3) is 11.3 Å². The van der Waals surface area contributed by atoms with Crippen molar-refractivity contribution in [1.82, 2.24) is 10.1 Å². The Kier molecular flexibility index (Phi) is 5.08. The number of nitro groups is 1. The Labute approximate surface area is 183 Å². The molecule has 2 aromatic carbocycles. The van der Waals surface area contributed by atoms with Crippen LogP contribution in [0, 0.1) is 15.9 Å². The highest BCUT2D eigenvalue weighted by Crippen LogP contribution is 2.34. The molecule has 32 heavy (non-hydrogen) atoms. The molecule has 0 aliphatic carbocycles. The second kappa shape index (κ2) is 8.07. The van der Waals surface area contributed by atoms with Gasteiger partial charge in [0.15, 0.2) is 5.76 Å². The van der Waals surface area contributed by atoms with E-state index in [0.717, 1.165) is 37.1 Å². The summed E-state index contributed by atoms with van der Waals surface area (Å²) in [5.41, 5.74) is 3.07. The summed E-state index contributed by atoms with van der Waals surface area (Å²) in [5.74, 6) is -0.0282. The molecule has 164 valence electrons. The minimum atomic E-state index is -0.425. The number of benzene rings is 2. The van der Waals surface area contributed by atoms with Gasteiger partial charge in [0.1, 0.15) is 17.2 Å². The Morgan fingerprint density at radius 2 is 1.84 bits per heavy atom. The molecule has 1 aromatic heterocycles. The fourth-order valence-electron chi connectivity index (χ4n) is 4.44. The molecule has 0 N–H and O–H groups in total. The fourth-order valence-corrected chi connectivity index (χ4v) is 4.44. The number of nitrogens with zero attached hydrogens (tertiary/aromatic N) is 4. The molecule has 2 aliphatic heterocycles. The fraction of sp³-hybridized carbons (Fsp3) is 0.304. The average molecular weight is 436 g/mol. The number of fused-ring (bicyclic) bond motifs is 1. The van der Waals surface area contributed by atoms with Crippen LogP contribution in [0.5, 0.6) is 0 Å². The molecule has 0 bridgehead atoms. The van der Waals surface area contributed by atoms with Gasteiger partial charge in [-0.25, -0.2) is 4.39 Å². The van der Waals surface area contributed by atoms with E-state index in [1.807, 2.05) is 4.90 Å². The molecule has 1 saturated heterocycles. The zero-order valence-electron chi connectivity index (χ0n) is 17.3. The summed E-state index contributed by atoms with van der Waals surface area (Å²) < 4.78 is 18.7. The third kappa shape index (κ3) is 3.59. The van der Waals surface area contributed by atoms with E-state index in [2.05, 4.69) is 5.16 Å². The van der Waals surface area contributed by atoms with Crippen LogP contribution in [-0.2, 0) is 13.0 Å². The van der Waals surface area contributed by atoms with Crippen molar-refractivity contribution < 1.29 is 18.6 Å². The number of carbonyl (C=O) groups is 1. The van der Waals surface area contributed by atoms with Gasteiger partial charge in [0.05, 0.1) is 11.5 Å². The molecule has 3 aromatic rings. The van der Waals surface area contributed by atoms with Crippen molar-refractivity contribution >= 4 is 17.3 Å². The number of nitro benzene ring substituents is 1. The van der Waals surface area contributed by atoms with Crippen molar-refractivity contribution in [1.29, 1.82) is 0 Å². The van der Waals surface area contributed by atoms with Gasteiger partial charge in [-0.3, -0.25) is 14.9 Å². The van der Waals surface area contributed by atoms with E-state index < -0.39 is 4.92 Å². The molecule has 0 unspecified atom stereocenters. The Morgan fingerprint density at radius 3 is 2.56 bits per heavy atom. The summed E-state index contributed by atoms with van der Waals surface area (Å²) >= 11 is 0. The van der Waals surface area contributed by atoms with Gasteiger partial charge >= 0.3 is 0 Å². The molecule has 9 heteroatoms. The maximum atomic E-state index is 13.2. The lowest BCUT2D eigenvalue weighted by molar-refractivity contribution is -0.384. The van der Waals surface area contributed by atoms with Crippen LogP contribution in [0.15, 0.2) is 47.0 Å². The van der Waals surface area contributed by atoms with Crippen LogP contribution in [-0.4, -0.2) is 40.5 Å². The summed E-state index contributed by atoms with van der Waals surface area (Å²) in [6.45, 7) is 2.25. The van der Waals surface area contributed by atoms with Crippen molar-refractivity contribution in [3.63, 3.8) is 0 Å². The smallest absolute Gasteiger partial charge is 0.293 e. The van der Waals surface area contributed by atoms with Crippen molar-refractivity contribution in [3.05, 3.63) is 75.2 Å². The van der Waals surface area contributed by atoms with Crippen molar-refractivity contribution in [2.45, 2.75) is 25.8 Å². The number of carbonyl (C=O) groups excluding carboxylic acids is 1. The minimum absolute atomic E-state index is 0.0459. The van der Waals surface area contributed by atoms with Crippen LogP contribution in [0.3, 0.4) is 0 Å². The quantitative estimate of drug-likeness (QED) is 0.450. The number of hydrogen-bond donors (Lipinski definition) is 0. The van der Waals surface area contributed by atoms with Gasteiger partial charge in [0.25, 0.3) is 11.6 Å². The monoisotopic (exact) mass is 436 g/mol. The van der Waals surface area contributed by atoms with Crippen LogP contribution >= 0.6 is 0 Å². The predicted molar refractivity (Wildman–Crippen MR) is 115 cm³/mol. The number of anilines is 1. The molecule has 1 amide bonds. The second-order valence-electron chi connectivity index (χ2n) is 8.08. The molecule has 0 radical (unpaired) electrons. The molecule has 1 fully saturated rings. The highest BCUT2D eigenvalue weighted by molar-refractivity contribution is 5.96. The summed E-state index contributed by atoms with van der Waals surface area (Å²) in [7, 11) is 0. The third-order valence-corrected chi connectivity index (χ3v) is 6.10. The van der Waals surface area contributed by atoms with Crippen LogP contribution in [0.2, 0.25) is 0 Å². The third-order valence-electron chi connectivity index (χ3n) is 6.10. The molecule has 3 heterocycles. The predicted octanol–water partition coefficient (Wildman–Crippen LogP) is 4.19. The van der Waals surface area contributed by atoms with Gasteiger partial charge in [-0.05, 0) is 55.7 Å². The Balaban J connectivity index is 1.38. The summed E-state index contributed by atoms with van der Waals surface area (Å²) in [6.07, 6.45) is 2.54. The normalized spacial score (nSPS) is 15.7. The van der Waals surface area contributed by atoms with Crippen molar-refractivity contribution in [2.24, 2.45) is 0 Å². The highest BCUT2D eigenvalue weighted by Gasteiger charge is 2.30. The van der Waals surface area contributed by atoms with E-state index in [1.165, 1.54) is 18.2 Å². The lowest BCUT2D eigenvalue weighted by Crippen LogP contribution is -2.36. The van der Waals surface area contributed by atoms with Gasteiger partial charge in [-0.1, -0.05) is 5.16 Å². The van der Waals surface area contributed by atoms with E-state index in [1.54, 1.807) is 29.2 Å². The minimum Gasteiger partial charge on any atom is -0.366 e. The molecule has 0 saturated carbocycles. The largest absolute Gasteiger partial charge is 0.366 e. The number of rotatable bonds is 4. The molecular weight excluding hydrogens is 415 g/mol. The zero-order chi connectivity index (χ0) is 22.2. The Bertz CT molecular complexity index is 1190. The molecule has 0 spiro atoms. The van der Waals surface area contributed by atoms with Gasteiger partial charge in [-0.2, -0.15) is 0 Å². The lowest BCUT2D eigenvalue weighted by atomic mass is 10.00. The van der Waals surface area contributed by atoms with Crippen molar-refractivity contribution in [3.8, 4) is 11.3 Å². The number of halogens is 1. The molecule has 5 rings (SSSR count). The van der Waals surface area contributed by atoms with Crippen LogP contribution < -0.4 is 4.90 Å². The van der Waals surface area contributed by atoms with Crippen molar-refractivity contribution in [2.75, 3.05) is 24.5 Å². The SMILES string of the molecule is O=C(c1ccc(N2CCCC2)c([N+](=O)[O-])c1)N1CCc2c(noc2-c2ccc(F)cc2)C1. The van der Waals surface area contributed by atoms with E-state index >= 15 is 0 Å². The summed E-state index contributed by atoms with van der Waals surface area (Å²) in [4.78, 5) is 28.0. The maximum Gasteiger partial charge on any atom is 0.293 e. The first-order valence-corrected chi connectivity index (χ1v) is 10.6. The zero-order valence-corrected chi connectivity index (χ0v) is 17.3. The van der Waals surface area contributed by atoms with E-state index in [-0.39, 0.29) is 29.5 Å². The lowest BCUT2D eigenvalue weighted by Gasteiger charge is -2.26. The summed E-state index contributed by atoms with van der Waals surface area (Å²) in [5, 5.41) is 15.8. The van der Waals surface area contributed by atoms with Gasteiger partial charge in [0, 0.05) is 42.4 Å². The van der Waals surface area contributed by atoms with E-state index in [9.17, 15) is 19.3 Å². The average Bonchev–Trinajstić information content (AvgIpc) is 3.48. The molecule has 0 atom stereocenters. The number of amides is 1. The Morgan fingerprint density at radius 1 is 1.09 bits per heavy atom. The first kappa shape index (κ1) is 20.2. The standard InChI is InChI=1S/C23H21FN4O4/c24-17-6-3-15(4-7-17)22-18-9-12-27(14-19(18)25-32-22)23(29)16-5-8-20(21(13-16)28(30)31)26-10-1-2-11-26/h3-8,13H,1-2,9-12,14H2. The molecule has 8 nitrogen and oxygen atoms in total. The first-order chi connectivity index (χ1) is 15.5. The van der Waals surface area contributed by atoms with Gasteiger partial charge < -0.3 is 14.3 Å². The number of aromatic nitrogens is 1. The maximum absolute atomic E-state index is 13.2. The second-order valence-corrected chi connectivity index (χ2v) is 8.08. The van der Waals surface area contributed by atoms with Crippen LogP contribution in [0.1, 0.15) is 34.5 Å². The topological polar surface area (TPSA) is 92.7 Å².